The van der Waals surface area contributed by atoms with Gasteiger partial charge in [0.25, 0.3) is 0 Å². The molecule has 195 valence electrons. The third kappa shape index (κ3) is 6.16. The Kier molecular flexibility index (Phi) is 7.41. The van der Waals surface area contributed by atoms with E-state index >= 15 is 0 Å². The maximum atomic E-state index is 5.71. The quantitative estimate of drug-likeness (QED) is 0.150. The molecule has 1 aromatic carbocycles. The van der Waals surface area contributed by atoms with Gasteiger partial charge >= 0.3 is 0 Å². The Bertz CT molecular complexity index is 1690. The first-order valence-electron chi connectivity index (χ1n) is 11.9. The van der Waals surface area contributed by atoms with E-state index < -0.39 is 0 Å². The molecule has 3 aromatic heterocycles. The second-order valence-corrected chi connectivity index (χ2v) is 8.71. The van der Waals surface area contributed by atoms with Gasteiger partial charge in [0.15, 0.2) is 5.84 Å². The van der Waals surface area contributed by atoms with Gasteiger partial charge < -0.3 is 15.7 Å². The Morgan fingerprint density at radius 2 is 1.15 bits per heavy atom. The molecule has 6 heterocycles. The number of nitrogens with two attached hydrogens (primary N) is 2. The molecule has 39 heavy (non-hydrogen) atoms. The van der Waals surface area contributed by atoms with Crippen molar-refractivity contribution in [3.63, 3.8) is 0 Å². The zero-order valence-electron chi connectivity index (χ0n) is 20.6. The number of fused-ring (bicyclic) bond motifs is 8. The second kappa shape index (κ2) is 11.2. The summed E-state index contributed by atoms with van der Waals surface area (Å²) in [6.07, 6.45) is 9.75. The average Bonchev–Trinajstić information content (AvgIpc) is 3.71. The number of amidine groups is 1. The molecule has 1 radical (unpaired) electrons. The zero-order valence-corrected chi connectivity index (χ0v) is 21.6. The van der Waals surface area contributed by atoms with Crippen molar-refractivity contribution in [2.45, 2.75) is 0 Å². The number of nitrogens with one attached hydrogen (secondary N) is 3. The Hall–Kier alpha value is -4.90. The Labute approximate surface area is 234 Å². The van der Waals surface area contributed by atoms with Crippen molar-refractivity contribution in [1.82, 2.24) is 30.6 Å². The summed E-state index contributed by atoms with van der Waals surface area (Å²) in [5, 5.41) is 4.92. The van der Waals surface area contributed by atoms with Gasteiger partial charge in [0.05, 0.1) is 22.8 Å². The summed E-state index contributed by atoms with van der Waals surface area (Å²) in [7, 11) is 0. The predicted molar refractivity (Wildman–Crippen MR) is 153 cm³/mol. The summed E-state index contributed by atoms with van der Waals surface area (Å²) >= 11 is 0. The number of H-pyrrole nitrogens is 2. The molecule has 4 aromatic rings. The van der Waals surface area contributed by atoms with E-state index in [0.717, 1.165) is 61.2 Å². The van der Waals surface area contributed by atoms with Crippen molar-refractivity contribution in [3.8, 4) is 0 Å². The number of hydrogen-bond acceptors (Lipinski definition) is 7. The molecule has 7 rings (SSSR count). The van der Waals surface area contributed by atoms with E-state index in [1.165, 1.54) is 0 Å². The van der Waals surface area contributed by atoms with E-state index in [0.29, 0.717) is 5.84 Å². The van der Waals surface area contributed by atoms with Crippen molar-refractivity contribution >= 4 is 57.8 Å². The van der Waals surface area contributed by atoms with Crippen molar-refractivity contribution < 1.29 is 16.8 Å². The van der Waals surface area contributed by atoms with Gasteiger partial charge in [-0.15, -0.1) is 15.9 Å². The molecule has 0 saturated heterocycles. The first-order chi connectivity index (χ1) is 18.6. The van der Waals surface area contributed by atoms with Gasteiger partial charge in [-0.3, -0.25) is 5.43 Å². The third-order valence-corrected chi connectivity index (χ3v) is 5.90. The van der Waals surface area contributed by atoms with Crippen molar-refractivity contribution in [2.24, 2.45) is 16.7 Å². The zero-order chi connectivity index (χ0) is 25.9. The van der Waals surface area contributed by atoms with Crippen molar-refractivity contribution in [2.75, 3.05) is 0 Å². The largest absolute Gasteiger partial charge is 0.382 e. The maximum absolute atomic E-state index is 5.71. The van der Waals surface area contributed by atoms with Crippen LogP contribution in [0.3, 0.4) is 0 Å². The van der Waals surface area contributed by atoms with Gasteiger partial charge in [-0.05, 0) is 72.8 Å². The van der Waals surface area contributed by atoms with Crippen LogP contribution in [0, 0.1) is 6.07 Å². The van der Waals surface area contributed by atoms with Crippen LogP contribution in [0.15, 0.2) is 84.1 Å². The van der Waals surface area contributed by atoms with Crippen LogP contribution in [0.1, 0.15) is 28.3 Å². The standard InChI is InChI=1S/C20H14N4.C9H10N5.Co/c1-2-14-10-16-5-6-18(23-16)12-20-8-7-19(24-20)11-17-4-3-15(22-17)9-13(1)21-14;10-9-8(6-12-14(11)13-9)7-4-2-1-3-5-7;/h1-12,21-22H;2-6,12H,11H2,(H2,10,13);/q;-1;. The molecular formula is C29H24CoN9-. The van der Waals surface area contributed by atoms with Gasteiger partial charge in [-0.1, -0.05) is 0 Å². The smallest absolute Gasteiger partial charge is 0.154 e. The van der Waals surface area contributed by atoms with Crippen LogP contribution in [0.4, 0.5) is 0 Å². The van der Waals surface area contributed by atoms with E-state index in [1.807, 2.05) is 66.8 Å². The molecule has 3 aliphatic heterocycles. The summed E-state index contributed by atoms with van der Waals surface area (Å²) < 4.78 is 0. The first-order valence-corrected chi connectivity index (χ1v) is 11.9. The monoisotopic (exact) mass is 557 g/mol. The fourth-order valence-corrected chi connectivity index (χ4v) is 4.14. The summed E-state index contributed by atoms with van der Waals surface area (Å²) in [6.45, 7) is 0. The van der Waals surface area contributed by atoms with Crippen LogP contribution >= 0.6 is 0 Å². The Morgan fingerprint density at radius 1 is 0.667 bits per heavy atom. The molecule has 0 amide bonds. The summed E-state index contributed by atoms with van der Waals surface area (Å²) in [5.41, 5.74) is 18.1. The Balaban J connectivity index is 0.000000177. The number of rotatable bonds is 1. The number of hydrazine groups is 2. The molecule has 0 saturated carbocycles. The summed E-state index contributed by atoms with van der Waals surface area (Å²) in [6, 6.07) is 26.8. The molecule has 0 fully saturated rings. The van der Waals surface area contributed by atoms with Crippen LogP contribution in [-0.2, 0) is 16.8 Å². The molecule has 0 unspecified atom stereocenters. The molecule has 10 heteroatoms. The minimum absolute atomic E-state index is 0. The topological polar surface area (TPSA) is 137 Å². The Morgan fingerprint density at radius 3 is 1.67 bits per heavy atom. The van der Waals surface area contributed by atoms with Crippen molar-refractivity contribution in [3.05, 3.63) is 113 Å². The van der Waals surface area contributed by atoms with Crippen LogP contribution in [0.25, 0.3) is 51.9 Å². The van der Waals surface area contributed by atoms with Gasteiger partial charge in [0, 0.05) is 50.6 Å². The van der Waals surface area contributed by atoms with Gasteiger partial charge in [0.2, 0.25) is 0 Å². The van der Waals surface area contributed by atoms with Crippen molar-refractivity contribution in [1.29, 1.82) is 0 Å². The van der Waals surface area contributed by atoms with E-state index in [9.17, 15) is 0 Å². The molecule has 0 spiro atoms. The average molecular weight is 558 g/mol. The third-order valence-electron chi connectivity index (χ3n) is 5.90. The molecular weight excluding hydrogens is 533 g/mol. The SMILES string of the molecule is C1=Cc2cc3ccc(cc4ccc(cc5nc(cc1n2)C=C5)[nH]4)[nH]3.NC1=NN(N)NC=C1c1cc[c-]cc1.[Co]. The maximum Gasteiger partial charge on any atom is 0.154 e. The first kappa shape index (κ1) is 25.7. The second-order valence-electron chi connectivity index (χ2n) is 8.71. The van der Waals surface area contributed by atoms with E-state index in [1.54, 1.807) is 6.20 Å². The predicted octanol–water partition coefficient (Wildman–Crippen LogP) is 4.45. The van der Waals surface area contributed by atoms with Gasteiger partial charge in [-0.25, -0.2) is 15.8 Å². The number of nitrogens with zero attached hydrogens (tertiary/aromatic N) is 4. The van der Waals surface area contributed by atoms with Gasteiger partial charge in [0.1, 0.15) is 0 Å². The summed E-state index contributed by atoms with van der Waals surface area (Å²) in [5.74, 6) is 5.76. The molecule has 3 aliphatic rings. The molecule has 0 aliphatic carbocycles. The van der Waals surface area contributed by atoms with Crippen LogP contribution in [-0.4, -0.2) is 31.0 Å². The normalized spacial score (nSPS) is 13.4. The van der Waals surface area contributed by atoms with Gasteiger partial charge in [-0.2, -0.15) is 30.3 Å². The van der Waals surface area contributed by atoms with Crippen LogP contribution < -0.4 is 17.0 Å². The number of aromatic nitrogens is 4. The number of aromatic amines is 2. The van der Waals surface area contributed by atoms with E-state index in [-0.39, 0.29) is 16.8 Å². The number of benzene rings is 1. The fourth-order valence-electron chi connectivity index (χ4n) is 4.14. The van der Waals surface area contributed by atoms with Crippen LogP contribution in [0.2, 0.25) is 0 Å². The molecule has 9 nitrogen and oxygen atoms in total. The fraction of sp³-hybridized carbons (Fsp3) is 0. The molecule has 7 N–H and O–H groups in total. The number of hydrazone groups is 1. The molecule has 8 bridgehead atoms. The molecule has 0 atom stereocenters. The summed E-state index contributed by atoms with van der Waals surface area (Å²) in [4.78, 5) is 16.0. The van der Waals surface area contributed by atoms with Crippen LogP contribution in [0.5, 0.6) is 0 Å². The van der Waals surface area contributed by atoms with E-state index in [4.69, 9.17) is 11.6 Å². The minimum atomic E-state index is 0. The van der Waals surface area contributed by atoms with E-state index in [2.05, 4.69) is 66.9 Å². The minimum Gasteiger partial charge on any atom is -0.382 e. The number of hydrogen-bond donors (Lipinski definition) is 5.